The average molecular weight is 292 g/mol. The maximum atomic E-state index is 6.53. The summed E-state index contributed by atoms with van der Waals surface area (Å²) >= 11 is 1.94. The standard InChI is InChI=1S/C17H28N2S/c1-3-14(18)17(16-9-8-12(2)20-16)19-11-10-13-6-4-5-7-15(13)19/h8-9,13-15,17H,3-7,10-11,18H2,1-2H3. The predicted octanol–water partition coefficient (Wildman–Crippen LogP) is 4.10. The number of fused-ring (bicyclic) bond motifs is 1. The van der Waals surface area contributed by atoms with Gasteiger partial charge in [-0.15, -0.1) is 11.3 Å². The molecule has 1 aliphatic heterocycles. The van der Waals surface area contributed by atoms with Crippen LogP contribution in [0.25, 0.3) is 0 Å². The topological polar surface area (TPSA) is 29.3 Å². The molecule has 3 rings (SSSR count). The molecule has 2 aliphatic rings. The van der Waals surface area contributed by atoms with Crippen LogP contribution in [0.5, 0.6) is 0 Å². The zero-order chi connectivity index (χ0) is 14.1. The van der Waals surface area contributed by atoms with Crippen LogP contribution in [0, 0.1) is 12.8 Å². The molecule has 112 valence electrons. The first-order valence-corrected chi connectivity index (χ1v) is 9.10. The average Bonchev–Trinajstić information content (AvgIpc) is 3.07. The zero-order valence-electron chi connectivity index (χ0n) is 12.8. The number of rotatable bonds is 4. The van der Waals surface area contributed by atoms with Crippen molar-refractivity contribution in [3.63, 3.8) is 0 Å². The highest BCUT2D eigenvalue weighted by Crippen LogP contribution is 2.42. The first kappa shape index (κ1) is 14.6. The highest BCUT2D eigenvalue weighted by Gasteiger charge is 2.41. The van der Waals surface area contributed by atoms with Crippen molar-refractivity contribution in [3.8, 4) is 0 Å². The molecule has 20 heavy (non-hydrogen) atoms. The summed E-state index contributed by atoms with van der Waals surface area (Å²) in [5.74, 6) is 0.941. The molecule has 2 nitrogen and oxygen atoms in total. The van der Waals surface area contributed by atoms with Crippen molar-refractivity contribution in [1.82, 2.24) is 4.90 Å². The first-order chi connectivity index (χ1) is 9.70. The molecule has 4 unspecified atom stereocenters. The van der Waals surface area contributed by atoms with Crippen LogP contribution in [0.3, 0.4) is 0 Å². The number of hydrogen-bond acceptors (Lipinski definition) is 3. The summed E-state index contributed by atoms with van der Waals surface area (Å²) in [5.41, 5.74) is 6.53. The van der Waals surface area contributed by atoms with Gasteiger partial charge in [-0.2, -0.15) is 0 Å². The van der Waals surface area contributed by atoms with Gasteiger partial charge in [-0.3, -0.25) is 4.90 Å². The number of nitrogens with two attached hydrogens (primary N) is 1. The third kappa shape index (κ3) is 2.68. The van der Waals surface area contributed by atoms with Gasteiger partial charge in [0.25, 0.3) is 0 Å². The molecule has 2 fully saturated rings. The Morgan fingerprint density at radius 2 is 2.10 bits per heavy atom. The number of nitrogens with zero attached hydrogens (tertiary/aromatic N) is 1. The summed E-state index contributed by atoms with van der Waals surface area (Å²) in [6, 6.07) is 6.09. The van der Waals surface area contributed by atoms with Crippen molar-refractivity contribution in [2.24, 2.45) is 11.7 Å². The van der Waals surface area contributed by atoms with Gasteiger partial charge in [0.1, 0.15) is 0 Å². The molecule has 3 heteroatoms. The molecule has 0 radical (unpaired) electrons. The SMILES string of the molecule is CCC(N)C(c1ccc(C)s1)N1CCC2CCCCC21. The predicted molar refractivity (Wildman–Crippen MR) is 87.1 cm³/mol. The van der Waals surface area contributed by atoms with Crippen LogP contribution in [0.15, 0.2) is 12.1 Å². The van der Waals surface area contributed by atoms with Crippen molar-refractivity contribution in [2.75, 3.05) is 6.54 Å². The van der Waals surface area contributed by atoms with Crippen LogP contribution in [-0.2, 0) is 0 Å². The number of hydrogen-bond donors (Lipinski definition) is 1. The van der Waals surface area contributed by atoms with E-state index in [1.54, 1.807) is 0 Å². The molecule has 1 saturated heterocycles. The summed E-state index contributed by atoms with van der Waals surface area (Å²) in [7, 11) is 0. The fraction of sp³-hybridized carbons (Fsp3) is 0.765. The van der Waals surface area contributed by atoms with Gasteiger partial charge in [0.15, 0.2) is 0 Å². The van der Waals surface area contributed by atoms with Crippen LogP contribution in [0.4, 0.5) is 0 Å². The molecule has 4 atom stereocenters. The van der Waals surface area contributed by atoms with Gasteiger partial charge in [0.2, 0.25) is 0 Å². The van der Waals surface area contributed by atoms with Crippen molar-refractivity contribution in [1.29, 1.82) is 0 Å². The first-order valence-electron chi connectivity index (χ1n) is 8.28. The van der Waals surface area contributed by atoms with Gasteiger partial charge in [-0.25, -0.2) is 0 Å². The van der Waals surface area contributed by atoms with Crippen LogP contribution in [-0.4, -0.2) is 23.5 Å². The minimum absolute atomic E-state index is 0.272. The van der Waals surface area contributed by atoms with Crippen molar-refractivity contribution >= 4 is 11.3 Å². The molecule has 1 aliphatic carbocycles. The smallest absolute Gasteiger partial charge is 0.0595 e. The van der Waals surface area contributed by atoms with Gasteiger partial charge in [0, 0.05) is 21.8 Å². The minimum atomic E-state index is 0.272. The third-order valence-corrected chi connectivity index (χ3v) is 6.41. The lowest BCUT2D eigenvalue weighted by Crippen LogP contribution is -2.44. The number of likely N-dealkylation sites (tertiary alicyclic amines) is 1. The van der Waals surface area contributed by atoms with Gasteiger partial charge < -0.3 is 5.73 Å². The normalized spacial score (nSPS) is 30.1. The summed E-state index contributed by atoms with van der Waals surface area (Å²) in [6.45, 7) is 5.69. The number of aryl methyl sites for hydroxylation is 1. The van der Waals surface area contributed by atoms with Gasteiger partial charge in [-0.1, -0.05) is 19.8 Å². The second-order valence-corrected chi connectivity index (χ2v) is 7.92. The molecule has 2 N–H and O–H groups in total. The lowest BCUT2D eigenvalue weighted by atomic mass is 9.84. The van der Waals surface area contributed by atoms with Crippen LogP contribution < -0.4 is 5.73 Å². The molecular weight excluding hydrogens is 264 g/mol. The molecule has 0 aromatic carbocycles. The molecule has 2 heterocycles. The Labute approximate surface area is 127 Å². The highest BCUT2D eigenvalue weighted by molar-refractivity contribution is 7.12. The van der Waals surface area contributed by atoms with E-state index in [2.05, 4.69) is 30.9 Å². The molecule has 0 bridgehead atoms. The van der Waals surface area contributed by atoms with E-state index in [0.717, 1.165) is 18.4 Å². The summed E-state index contributed by atoms with van der Waals surface area (Å²) in [5, 5.41) is 0. The molecule has 1 aromatic rings. The molecule has 1 saturated carbocycles. The van der Waals surface area contributed by atoms with Crippen molar-refractivity contribution in [3.05, 3.63) is 21.9 Å². The fourth-order valence-corrected chi connectivity index (χ4v) is 5.32. The van der Waals surface area contributed by atoms with E-state index in [1.165, 1.54) is 48.4 Å². The third-order valence-electron chi connectivity index (χ3n) is 5.34. The molecule has 0 spiro atoms. The monoisotopic (exact) mass is 292 g/mol. The van der Waals surface area contributed by atoms with E-state index in [9.17, 15) is 0 Å². The van der Waals surface area contributed by atoms with E-state index >= 15 is 0 Å². The lowest BCUT2D eigenvalue weighted by Gasteiger charge is -2.39. The van der Waals surface area contributed by atoms with Crippen LogP contribution in [0.2, 0.25) is 0 Å². The minimum Gasteiger partial charge on any atom is -0.326 e. The Morgan fingerprint density at radius 1 is 1.30 bits per heavy atom. The van der Waals surface area contributed by atoms with Gasteiger partial charge >= 0.3 is 0 Å². The van der Waals surface area contributed by atoms with E-state index in [4.69, 9.17) is 5.73 Å². The van der Waals surface area contributed by atoms with Crippen LogP contribution >= 0.6 is 11.3 Å². The Bertz CT molecular complexity index is 442. The Hall–Kier alpha value is -0.380. The quantitative estimate of drug-likeness (QED) is 0.905. The maximum Gasteiger partial charge on any atom is 0.0595 e. The van der Waals surface area contributed by atoms with E-state index in [-0.39, 0.29) is 6.04 Å². The van der Waals surface area contributed by atoms with Crippen molar-refractivity contribution in [2.45, 2.75) is 70.5 Å². The fourth-order valence-electron chi connectivity index (χ4n) is 4.24. The Kier molecular flexibility index (Phi) is 4.49. The van der Waals surface area contributed by atoms with Crippen molar-refractivity contribution < 1.29 is 0 Å². The summed E-state index contributed by atoms with van der Waals surface area (Å²) in [4.78, 5) is 5.67. The second-order valence-electron chi connectivity index (χ2n) is 6.60. The second kappa shape index (κ2) is 6.17. The highest BCUT2D eigenvalue weighted by atomic mass is 32.1. The maximum absolute atomic E-state index is 6.53. The largest absolute Gasteiger partial charge is 0.326 e. The van der Waals surface area contributed by atoms with Gasteiger partial charge in [0.05, 0.1) is 6.04 Å². The van der Waals surface area contributed by atoms with E-state index < -0.39 is 0 Å². The Morgan fingerprint density at radius 3 is 2.80 bits per heavy atom. The molecule has 0 amide bonds. The number of thiophene rings is 1. The summed E-state index contributed by atoms with van der Waals surface area (Å²) < 4.78 is 0. The van der Waals surface area contributed by atoms with Gasteiger partial charge in [-0.05, 0) is 57.2 Å². The van der Waals surface area contributed by atoms with E-state index in [0.29, 0.717) is 6.04 Å². The Balaban J connectivity index is 1.85. The van der Waals surface area contributed by atoms with Crippen LogP contribution in [0.1, 0.15) is 61.2 Å². The summed E-state index contributed by atoms with van der Waals surface area (Å²) in [6.07, 6.45) is 8.14. The molecule has 1 aromatic heterocycles. The zero-order valence-corrected chi connectivity index (χ0v) is 13.7. The lowest BCUT2D eigenvalue weighted by molar-refractivity contribution is 0.116. The molecular formula is C17H28N2S. The van der Waals surface area contributed by atoms with E-state index in [1.807, 2.05) is 11.3 Å².